The molecule has 0 radical (unpaired) electrons. The van der Waals surface area contributed by atoms with Crippen molar-refractivity contribution in [2.75, 3.05) is 6.61 Å². The molecule has 0 aromatic rings. The molecule has 0 bridgehead atoms. The highest BCUT2D eigenvalue weighted by atomic mass is 16.6. The van der Waals surface area contributed by atoms with Crippen molar-refractivity contribution in [2.24, 2.45) is 5.92 Å². The first kappa shape index (κ1) is 13.5. The summed E-state index contributed by atoms with van der Waals surface area (Å²) in [5.41, 5.74) is 0. The van der Waals surface area contributed by atoms with Gasteiger partial charge in [-0.15, -0.1) is 0 Å². The van der Waals surface area contributed by atoms with E-state index in [-0.39, 0.29) is 31.1 Å². The molecule has 0 aromatic heterocycles. The number of cyclic esters (lactones) is 1. The van der Waals surface area contributed by atoms with Crippen molar-refractivity contribution < 1.29 is 19.1 Å². The molecule has 0 spiro atoms. The zero-order chi connectivity index (χ0) is 12.8. The molecular formula is C12H19NO4. The van der Waals surface area contributed by atoms with Crippen LogP contribution in [-0.2, 0) is 14.3 Å². The van der Waals surface area contributed by atoms with Crippen molar-refractivity contribution in [3.05, 3.63) is 12.7 Å². The molecular weight excluding hydrogens is 222 g/mol. The number of carbonyl (C=O) groups is 2. The van der Waals surface area contributed by atoms with Crippen molar-refractivity contribution in [1.82, 2.24) is 5.32 Å². The van der Waals surface area contributed by atoms with Crippen LogP contribution in [0.15, 0.2) is 12.7 Å². The number of nitrogens with one attached hydrogen (secondary N) is 1. The molecule has 0 saturated carbocycles. The standard InChI is InChI=1S/C12H19NO4/c1-4-5-16-12(15)13-9-7-11(14)17-10(9)6-8(2)3/h4,8-10H,1,5-7H2,2-3H3,(H,13,15)/t9-,10-/m1/s1. The highest BCUT2D eigenvalue weighted by molar-refractivity contribution is 5.75. The van der Waals surface area contributed by atoms with Gasteiger partial charge in [0, 0.05) is 0 Å². The van der Waals surface area contributed by atoms with Gasteiger partial charge in [-0.05, 0) is 12.3 Å². The Balaban J connectivity index is 2.46. The fourth-order valence-corrected chi connectivity index (χ4v) is 1.76. The number of alkyl carbamates (subject to hydrolysis) is 1. The molecule has 2 atom stereocenters. The molecule has 5 heteroatoms. The lowest BCUT2D eigenvalue weighted by Gasteiger charge is -2.19. The van der Waals surface area contributed by atoms with Gasteiger partial charge in [-0.2, -0.15) is 0 Å². The van der Waals surface area contributed by atoms with E-state index in [1.807, 2.05) is 13.8 Å². The van der Waals surface area contributed by atoms with E-state index in [2.05, 4.69) is 11.9 Å². The van der Waals surface area contributed by atoms with E-state index in [1.165, 1.54) is 6.08 Å². The Labute approximate surface area is 101 Å². The Hall–Kier alpha value is -1.52. The Bertz CT molecular complexity index is 301. The second-order valence-corrected chi connectivity index (χ2v) is 4.50. The predicted molar refractivity (Wildman–Crippen MR) is 62.4 cm³/mol. The summed E-state index contributed by atoms with van der Waals surface area (Å²) in [5, 5.41) is 2.64. The van der Waals surface area contributed by atoms with Crippen LogP contribution in [0.1, 0.15) is 26.7 Å². The number of hydrogen-bond acceptors (Lipinski definition) is 4. The third-order valence-corrected chi connectivity index (χ3v) is 2.46. The maximum Gasteiger partial charge on any atom is 0.407 e. The molecule has 1 fully saturated rings. The normalized spacial score (nSPS) is 23.4. The lowest BCUT2D eigenvalue weighted by Crippen LogP contribution is -2.41. The van der Waals surface area contributed by atoms with Gasteiger partial charge >= 0.3 is 12.1 Å². The Morgan fingerprint density at radius 1 is 1.71 bits per heavy atom. The van der Waals surface area contributed by atoms with Crippen LogP contribution in [0.4, 0.5) is 4.79 Å². The molecule has 1 N–H and O–H groups in total. The average Bonchev–Trinajstić information content (AvgIpc) is 2.55. The van der Waals surface area contributed by atoms with Crippen molar-refractivity contribution in [3.8, 4) is 0 Å². The van der Waals surface area contributed by atoms with E-state index < -0.39 is 6.09 Å². The fraction of sp³-hybridized carbons (Fsp3) is 0.667. The minimum Gasteiger partial charge on any atom is -0.460 e. The monoisotopic (exact) mass is 241 g/mol. The van der Waals surface area contributed by atoms with Crippen LogP contribution in [0.3, 0.4) is 0 Å². The van der Waals surface area contributed by atoms with Crippen LogP contribution in [-0.4, -0.2) is 30.8 Å². The molecule has 0 unspecified atom stereocenters. The summed E-state index contributed by atoms with van der Waals surface area (Å²) in [5.74, 6) is 0.129. The highest BCUT2D eigenvalue weighted by Crippen LogP contribution is 2.21. The molecule has 1 rings (SSSR count). The molecule has 0 aromatic carbocycles. The summed E-state index contributed by atoms with van der Waals surface area (Å²) < 4.78 is 9.97. The zero-order valence-corrected chi connectivity index (χ0v) is 10.3. The van der Waals surface area contributed by atoms with E-state index in [0.29, 0.717) is 5.92 Å². The van der Waals surface area contributed by atoms with Gasteiger partial charge in [0.05, 0.1) is 12.5 Å². The van der Waals surface area contributed by atoms with Gasteiger partial charge < -0.3 is 14.8 Å². The summed E-state index contributed by atoms with van der Waals surface area (Å²) in [6.45, 7) is 7.68. The van der Waals surface area contributed by atoms with Gasteiger partial charge in [0.1, 0.15) is 12.7 Å². The number of ether oxygens (including phenoxy) is 2. The van der Waals surface area contributed by atoms with E-state index in [9.17, 15) is 9.59 Å². The van der Waals surface area contributed by atoms with Crippen molar-refractivity contribution in [3.63, 3.8) is 0 Å². The van der Waals surface area contributed by atoms with Gasteiger partial charge in [-0.1, -0.05) is 26.5 Å². The summed E-state index contributed by atoms with van der Waals surface area (Å²) in [7, 11) is 0. The van der Waals surface area contributed by atoms with Gasteiger partial charge in [-0.3, -0.25) is 4.79 Å². The van der Waals surface area contributed by atoms with Crippen LogP contribution < -0.4 is 5.32 Å². The van der Waals surface area contributed by atoms with Crippen molar-refractivity contribution in [2.45, 2.75) is 38.8 Å². The summed E-state index contributed by atoms with van der Waals surface area (Å²) in [6.07, 6.45) is 1.64. The van der Waals surface area contributed by atoms with E-state index in [0.717, 1.165) is 6.42 Å². The summed E-state index contributed by atoms with van der Waals surface area (Å²) in [6, 6.07) is -0.290. The van der Waals surface area contributed by atoms with Crippen molar-refractivity contribution in [1.29, 1.82) is 0 Å². The number of amides is 1. The third-order valence-electron chi connectivity index (χ3n) is 2.46. The summed E-state index contributed by atoms with van der Waals surface area (Å²) >= 11 is 0. The first-order chi connectivity index (χ1) is 8.02. The second kappa shape index (κ2) is 6.27. The molecule has 96 valence electrons. The lowest BCUT2D eigenvalue weighted by atomic mass is 10.0. The van der Waals surface area contributed by atoms with Crippen molar-refractivity contribution >= 4 is 12.1 Å². The Kier molecular flexibility index (Phi) is 5.00. The third kappa shape index (κ3) is 4.46. The number of rotatable bonds is 5. The van der Waals surface area contributed by atoms with Crippen LogP contribution in [0.25, 0.3) is 0 Å². The second-order valence-electron chi connectivity index (χ2n) is 4.50. The van der Waals surface area contributed by atoms with Crippen LogP contribution in [0, 0.1) is 5.92 Å². The first-order valence-electron chi connectivity index (χ1n) is 5.76. The maximum atomic E-state index is 11.3. The molecule has 17 heavy (non-hydrogen) atoms. The Morgan fingerprint density at radius 3 is 3.00 bits per heavy atom. The van der Waals surface area contributed by atoms with Gasteiger partial charge in [0.2, 0.25) is 0 Å². The SMILES string of the molecule is C=CCOC(=O)N[C@@H]1CC(=O)O[C@@H]1CC(C)C. The lowest BCUT2D eigenvalue weighted by molar-refractivity contribution is -0.141. The minimum atomic E-state index is -0.540. The quantitative estimate of drug-likeness (QED) is 0.587. The maximum absolute atomic E-state index is 11.3. The zero-order valence-electron chi connectivity index (χ0n) is 10.3. The number of hydrogen-bond donors (Lipinski definition) is 1. The van der Waals surface area contributed by atoms with Gasteiger partial charge in [0.25, 0.3) is 0 Å². The van der Waals surface area contributed by atoms with Crippen LogP contribution >= 0.6 is 0 Å². The molecule has 1 amide bonds. The molecule has 1 heterocycles. The smallest absolute Gasteiger partial charge is 0.407 e. The average molecular weight is 241 g/mol. The van der Waals surface area contributed by atoms with E-state index in [1.54, 1.807) is 0 Å². The largest absolute Gasteiger partial charge is 0.460 e. The predicted octanol–water partition coefficient (Wildman–Crippen LogP) is 1.63. The topological polar surface area (TPSA) is 64.6 Å². The van der Waals surface area contributed by atoms with Crippen LogP contribution in [0.5, 0.6) is 0 Å². The Morgan fingerprint density at radius 2 is 2.41 bits per heavy atom. The van der Waals surface area contributed by atoms with E-state index >= 15 is 0 Å². The van der Waals surface area contributed by atoms with Gasteiger partial charge in [0.15, 0.2) is 0 Å². The molecule has 1 aliphatic rings. The fourth-order valence-electron chi connectivity index (χ4n) is 1.76. The number of carbonyl (C=O) groups excluding carboxylic acids is 2. The minimum absolute atomic E-state index is 0.155. The molecule has 5 nitrogen and oxygen atoms in total. The first-order valence-corrected chi connectivity index (χ1v) is 5.76. The molecule has 0 aliphatic carbocycles. The van der Waals surface area contributed by atoms with E-state index in [4.69, 9.17) is 9.47 Å². The van der Waals surface area contributed by atoms with Gasteiger partial charge in [-0.25, -0.2) is 4.79 Å². The number of esters is 1. The highest BCUT2D eigenvalue weighted by Gasteiger charge is 2.36. The summed E-state index contributed by atoms with van der Waals surface area (Å²) in [4.78, 5) is 22.6. The van der Waals surface area contributed by atoms with Crippen LogP contribution in [0.2, 0.25) is 0 Å². The molecule has 1 aliphatic heterocycles. The molecule has 1 saturated heterocycles.